The number of quaternary nitrogens is 1. The van der Waals surface area contributed by atoms with Crippen LogP contribution in [0.3, 0.4) is 0 Å². The van der Waals surface area contributed by atoms with E-state index in [0.717, 1.165) is 89.9 Å². The molecule has 9 nitrogen and oxygen atoms in total. The van der Waals surface area contributed by atoms with Crippen molar-refractivity contribution in [1.29, 1.82) is 0 Å². The fourth-order valence-electron chi connectivity index (χ4n) is 6.87. The highest BCUT2D eigenvalue weighted by Gasteiger charge is 2.25. The predicted molar refractivity (Wildman–Crippen MR) is 276 cm³/mol. The van der Waals surface area contributed by atoms with E-state index < -0.39 is 24.3 Å². The quantitative estimate of drug-likeness (QED) is 0.0211. The van der Waals surface area contributed by atoms with Crippen LogP contribution in [0.4, 0.5) is 0 Å². The fourth-order valence-corrected chi connectivity index (χ4v) is 6.87. The molecule has 0 radical (unpaired) electrons. The molecular weight excluding hydrogens is 827 g/mol. The molecule has 2 atom stereocenters. The van der Waals surface area contributed by atoms with Gasteiger partial charge < -0.3 is 28.5 Å². The lowest BCUT2D eigenvalue weighted by molar-refractivity contribution is -0.870. The van der Waals surface area contributed by atoms with Gasteiger partial charge in [0.1, 0.15) is 13.2 Å². The largest absolute Gasteiger partial charge is 0.477 e. The highest BCUT2D eigenvalue weighted by atomic mass is 16.7. The lowest BCUT2D eigenvalue weighted by atomic mass is 10.0. The predicted octanol–water partition coefficient (Wildman–Crippen LogP) is 14.8. The van der Waals surface area contributed by atoms with Crippen LogP contribution in [-0.2, 0) is 33.3 Å². The molecule has 0 aromatic carbocycles. The molecular formula is C57H98NO8+. The molecule has 1 N–H and O–H groups in total. The number of rotatable bonds is 47. The first-order valence-corrected chi connectivity index (χ1v) is 26.3. The maximum atomic E-state index is 12.8. The van der Waals surface area contributed by atoms with Gasteiger partial charge >= 0.3 is 17.9 Å². The number of esters is 2. The molecule has 0 spiro atoms. The first-order chi connectivity index (χ1) is 32.1. The number of aliphatic carboxylic acids is 1. The van der Waals surface area contributed by atoms with E-state index in [1.54, 1.807) is 0 Å². The van der Waals surface area contributed by atoms with Gasteiger partial charge in [-0.05, 0) is 70.6 Å². The van der Waals surface area contributed by atoms with Crippen molar-refractivity contribution in [3.8, 4) is 0 Å². The van der Waals surface area contributed by atoms with Crippen LogP contribution < -0.4 is 0 Å². The van der Waals surface area contributed by atoms with Gasteiger partial charge in [0.05, 0.1) is 34.4 Å². The van der Waals surface area contributed by atoms with E-state index in [1.807, 2.05) is 21.1 Å². The van der Waals surface area contributed by atoms with Crippen LogP contribution in [0, 0.1) is 0 Å². The molecule has 0 amide bonds. The molecule has 0 aliphatic heterocycles. The second-order valence-electron chi connectivity index (χ2n) is 18.5. The lowest BCUT2D eigenvalue weighted by Crippen LogP contribution is -2.40. The Bertz CT molecular complexity index is 1350. The van der Waals surface area contributed by atoms with Crippen molar-refractivity contribution >= 4 is 17.9 Å². The summed E-state index contributed by atoms with van der Waals surface area (Å²) in [5, 5.41) is 9.64. The molecule has 0 fully saturated rings. The number of hydrogen-bond donors (Lipinski definition) is 1. The summed E-state index contributed by atoms with van der Waals surface area (Å²) in [6.45, 7) is 4.71. The van der Waals surface area contributed by atoms with Gasteiger partial charge in [-0.15, -0.1) is 0 Å². The molecule has 0 saturated carbocycles. The summed E-state index contributed by atoms with van der Waals surface area (Å²) < 4.78 is 22.7. The summed E-state index contributed by atoms with van der Waals surface area (Å²) in [6.07, 6.45) is 59.6. The van der Waals surface area contributed by atoms with Crippen LogP contribution >= 0.6 is 0 Å². The van der Waals surface area contributed by atoms with Gasteiger partial charge in [-0.2, -0.15) is 0 Å². The number of unbranched alkanes of at least 4 members (excludes halogenated alkanes) is 18. The average molecular weight is 925 g/mol. The molecule has 0 saturated heterocycles. The van der Waals surface area contributed by atoms with Crippen LogP contribution in [0.5, 0.6) is 0 Å². The SMILES string of the molecule is CC/C=C\C/C=C\C/C=C\C/C=C\C/C=C\C/C=C\C/C=C\CCCCCCCCCCCCCC(=O)OC(COC(=O)CCCCCCCCCC)COC(OCC[N+](C)(C)C)C(=O)O. The van der Waals surface area contributed by atoms with E-state index >= 15 is 0 Å². The van der Waals surface area contributed by atoms with E-state index in [1.165, 1.54) is 77.0 Å². The fraction of sp³-hybridized carbons (Fsp3) is 0.702. The topological polar surface area (TPSA) is 108 Å². The molecule has 0 heterocycles. The number of carbonyl (C=O) groups excluding carboxylic acids is 2. The van der Waals surface area contributed by atoms with E-state index in [-0.39, 0.29) is 32.2 Å². The second kappa shape index (κ2) is 47.9. The molecule has 0 aromatic rings. The Morgan fingerprint density at radius 2 is 0.864 bits per heavy atom. The Balaban J connectivity index is 4.12. The zero-order valence-corrected chi connectivity index (χ0v) is 42.8. The molecule has 378 valence electrons. The van der Waals surface area contributed by atoms with Gasteiger partial charge in [-0.1, -0.05) is 202 Å². The smallest absolute Gasteiger partial charge is 0.361 e. The summed E-state index contributed by atoms with van der Waals surface area (Å²) in [6, 6.07) is 0. The van der Waals surface area contributed by atoms with Crippen LogP contribution in [0.1, 0.15) is 200 Å². The maximum Gasteiger partial charge on any atom is 0.361 e. The number of carboxylic acid groups (broad SMARTS) is 1. The molecule has 0 bridgehead atoms. The zero-order chi connectivity index (χ0) is 48.4. The molecule has 2 unspecified atom stereocenters. The Kier molecular flexibility index (Phi) is 45.4. The maximum absolute atomic E-state index is 12.8. The average Bonchev–Trinajstić information content (AvgIpc) is 3.28. The number of allylic oxidation sites excluding steroid dienone is 14. The van der Waals surface area contributed by atoms with Crippen molar-refractivity contribution in [1.82, 2.24) is 0 Å². The molecule has 0 aliphatic rings. The van der Waals surface area contributed by atoms with Crippen LogP contribution in [-0.4, -0.2) is 87.4 Å². The van der Waals surface area contributed by atoms with Crippen LogP contribution in [0.15, 0.2) is 85.1 Å². The van der Waals surface area contributed by atoms with Crippen molar-refractivity contribution < 1.29 is 42.9 Å². The molecule has 66 heavy (non-hydrogen) atoms. The third kappa shape index (κ3) is 48.4. The Morgan fingerprint density at radius 3 is 1.29 bits per heavy atom. The highest BCUT2D eigenvalue weighted by Crippen LogP contribution is 2.15. The van der Waals surface area contributed by atoms with Crippen molar-refractivity contribution in [3.63, 3.8) is 0 Å². The Hall–Kier alpha value is -3.53. The zero-order valence-electron chi connectivity index (χ0n) is 42.8. The standard InChI is InChI=1S/C57H97NO8/c1-6-8-10-12-14-16-17-18-19-20-21-22-23-24-25-26-27-28-29-30-31-32-33-34-35-36-37-38-39-40-42-44-46-48-55(60)66-53(52-65-57(56(61)62)63-50-49-58(3,4)5)51-64-54(59)47-45-43-41-15-13-11-9-7-2/h8,10,14,16,18-19,21-22,24-25,27-28,30-31,53,57H,6-7,9,11-13,15,17,20,23,26,29,32-52H2,1-5H3/p+1/b10-8-,16-14-,19-18-,22-21-,25-24-,28-27-,31-30-. The minimum absolute atomic E-state index is 0.185. The number of likely N-dealkylation sites (N-methyl/N-ethyl adjacent to an activating group) is 1. The number of hydrogen-bond acceptors (Lipinski definition) is 7. The summed E-state index contributed by atoms with van der Waals surface area (Å²) >= 11 is 0. The summed E-state index contributed by atoms with van der Waals surface area (Å²) in [4.78, 5) is 37.1. The van der Waals surface area contributed by atoms with Gasteiger partial charge in [-0.25, -0.2) is 4.79 Å². The van der Waals surface area contributed by atoms with Gasteiger partial charge in [0.2, 0.25) is 0 Å². The van der Waals surface area contributed by atoms with Gasteiger partial charge in [0, 0.05) is 12.8 Å². The van der Waals surface area contributed by atoms with Crippen LogP contribution in [0.25, 0.3) is 0 Å². The Morgan fingerprint density at radius 1 is 0.470 bits per heavy atom. The summed E-state index contributed by atoms with van der Waals surface area (Å²) in [7, 11) is 5.95. The summed E-state index contributed by atoms with van der Waals surface area (Å²) in [5.74, 6) is -2.02. The van der Waals surface area contributed by atoms with Gasteiger partial charge in [-0.3, -0.25) is 9.59 Å². The van der Waals surface area contributed by atoms with Crippen LogP contribution in [0.2, 0.25) is 0 Å². The minimum atomic E-state index is -1.51. The molecule has 0 rings (SSSR count). The summed E-state index contributed by atoms with van der Waals surface area (Å²) in [5.41, 5.74) is 0. The van der Waals surface area contributed by atoms with Crippen molar-refractivity contribution in [3.05, 3.63) is 85.1 Å². The third-order valence-electron chi connectivity index (χ3n) is 10.9. The normalized spacial score (nSPS) is 13.5. The minimum Gasteiger partial charge on any atom is -0.477 e. The van der Waals surface area contributed by atoms with Crippen molar-refractivity contribution in [2.45, 2.75) is 212 Å². The lowest BCUT2D eigenvalue weighted by Gasteiger charge is -2.25. The van der Waals surface area contributed by atoms with Gasteiger partial charge in [0.25, 0.3) is 6.29 Å². The van der Waals surface area contributed by atoms with E-state index in [0.29, 0.717) is 23.9 Å². The first kappa shape index (κ1) is 62.5. The van der Waals surface area contributed by atoms with E-state index in [9.17, 15) is 19.5 Å². The van der Waals surface area contributed by atoms with Crippen molar-refractivity contribution in [2.75, 3.05) is 47.5 Å². The monoisotopic (exact) mass is 925 g/mol. The number of ether oxygens (including phenoxy) is 4. The third-order valence-corrected chi connectivity index (χ3v) is 10.9. The molecule has 9 heteroatoms. The molecule has 0 aromatic heterocycles. The number of nitrogens with zero attached hydrogens (tertiary/aromatic N) is 1. The second-order valence-corrected chi connectivity index (χ2v) is 18.5. The van der Waals surface area contributed by atoms with E-state index in [2.05, 4.69) is 98.9 Å². The molecule has 0 aliphatic carbocycles. The van der Waals surface area contributed by atoms with Crippen molar-refractivity contribution in [2.24, 2.45) is 0 Å². The number of carboxylic acids is 1. The first-order valence-electron chi connectivity index (χ1n) is 26.3. The van der Waals surface area contributed by atoms with E-state index in [4.69, 9.17) is 18.9 Å². The van der Waals surface area contributed by atoms with Gasteiger partial charge in [0.15, 0.2) is 6.10 Å². The Labute approximate surface area is 404 Å². The number of carbonyl (C=O) groups is 3. The highest BCUT2D eigenvalue weighted by molar-refractivity contribution is 5.71.